The summed E-state index contributed by atoms with van der Waals surface area (Å²) in [6, 6.07) is 7.16. The molecule has 0 saturated carbocycles. The topological polar surface area (TPSA) is 42.0 Å². The standard InChI is InChI=1S/C11H8BrClN2OS/c12-10-4-2-8(17-10)6-15-11(16)9-3-1-7(13)5-14-9/h1-5H,6H2,(H,15,16). The molecule has 1 N–H and O–H groups in total. The normalized spacial score (nSPS) is 10.2. The molecule has 6 heteroatoms. The van der Waals surface area contributed by atoms with Crippen molar-refractivity contribution in [1.29, 1.82) is 0 Å². The summed E-state index contributed by atoms with van der Waals surface area (Å²) >= 11 is 10.7. The van der Waals surface area contributed by atoms with Crippen LogP contribution < -0.4 is 5.32 Å². The summed E-state index contributed by atoms with van der Waals surface area (Å²) in [6.45, 7) is 0.499. The van der Waals surface area contributed by atoms with Gasteiger partial charge in [0.05, 0.1) is 15.4 Å². The summed E-state index contributed by atoms with van der Waals surface area (Å²) in [5.74, 6) is -0.203. The number of rotatable bonds is 3. The van der Waals surface area contributed by atoms with Gasteiger partial charge in [-0.15, -0.1) is 11.3 Å². The molecule has 2 aromatic rings. The van der Waals surface area contributed by atoms with Gasteiger partial charge in [0.25, 0.3) is 5.91 Å². The highest BCUT2D eigenvalue weighted by molar-refractivity contribution is 9.11. The van der Waals surface area contributed by atoms with E-state index in [1.165, 1.54) is 6.20 Å². The average molecular weight is 332 g/mol. The first-order valence-corrected chi connectivity index (χ1v) is 6.78. The van der Waals surface area contributed by atoms with Crippen LogP contribution in [0.1, 0.15) is 15.4 Å². The molecule has 1 amide bonds. The predicted molar refractivity (Wildman–Crippen MR) is 72.4 cm³/mol. The van der Waals surface area contributed by atoms with E-state index < -0.39 is 0 Å². The number of hydrogen-bond donors (Lipinski definition) is 1. The van der Waals surface area contributed by atoms with Gasteiger partial charge in [-0.2, -0.15) is 0 Å². The molecule has 0 fully saturated rings. The lowest BCUT2D eigenvalue weighted by Crippen LogP contribution is -2.23. The number of hydrogen-bond acceptors (Lipinski definition) is 3. The van der Waals surface area contributed by atoms with Crippen LogP contribution in [0.5, 0.6) is 0 Å². The highest BCUT2D eigenvalue weighted by atomic mass is 79.9. The van der Waals surface area contributed by atoms with Crippen LogP contribution in [0.15, 0.2) is 34.2 Å². The van der Waals surface area contributed by atoms with E-state index >= 15 is 0 Å². The molecule has 3 nitrogen and oxygen atoms in total. The fourth-order valence-corrected chi connectivity index (χ4v) is 2.75. The van der Waals surface area contributed by atoms with Crippen molar-refractivity contribution in [2.45, 2.75) is 6.54 Å². The van der Waals surface area contributed by atoms with Gasteiger partial charge in [0.1, 0.15) is 5.69 Å². The van der Waals surface area contributed by atoms with Gasteiger partial charge in [0, 0.05) is 11.1 Å². The van der Waals surface area contributed by atoms with Crippen molar-refractivity contribution >= 4 is 44.8 Å². The van der Waals surface area contributed by atoms with Crippen molar-refractivity contribution in [3.05, 3.63) is 49.8 Å². The van der Waals surface area contributed by atoms with E-state index in [1.54, 1.807) is 23.5 Å². The van der Waals surface area contributed by atoms with Crippen molar-refractivity contribution in [3.8, 4) is 0 Å². The number of aromatic nitrogens is 1. The van der Waals surface area contributed by atoms with E-state index in [4.69, 9.17) is 11.6 Å². The molecule has 0 aliphatic rings. The van der Waals surface area contributed by atoms with E-state index in [9.17, 15) is 4.79 Å². The predicted octanol–water partition coefficient (Wildman–Crippen LogP) is 3.49. The van der Waals surface area contributed by atoms with Crippen LogP contribution in [-0.2, 0) is 6.54 Å². The molecular weight excluding hydrogens is 324 g/mol. The van der Waals surface area contributed by atoms with E-state index in [0.717, 1.165) is 8.66 Å². The van der Waals surface area contributed by atoms with Crippen molar-refractivity contribution in [2.24, 2.45) is 0 Å². The Bertz CT molecular complexity index is 527. The molecule has 88 valence electrons. The number of halogens is 2. The van der Waals surface area contributed by atoms with Crippen LogP contribution in [0.3, 0.4) is 0 Å². The molecule has 0 aliphatic heterocycles. The van der Waals surface area contributed by atoms with Crippen LogP contribution in [-0.4, -0.2) is 10.9 Å². The monoisotopic (exact) mass is 330 g/mol. The molecule has 0 atom stereocenters. The lowest BCUT2D eigenvalue weighted by atomic mass is 10.3. The maximum atomic E-state index is 11.7. The molecule has 0 radical (unpaired) electrons. The third-order valence-electron chi connectivity index (χ3n) is 2.01. The summed E-state index contributed by atoms with van der Waals surface area (Å²) in [5, 5.41) is 3.31. The summed E-state index contributed by atoms with van der Waals surface area (Å²) in [5.41, 5.74) is 0.366. The summed E-state index contributed by atoms with van der Waals surface area (Å²) in [7, 11) is 0. The van der Waals surface area contributed by atoms with Gasteiger partial charge in [-0.25, -0.2) is 4.98 Å². The van der Waals surface area contributed by atoms with Crippen molar-refractivity contribution in [3.63, 3.8) is 0 Å². The van der Waals surface area contributed by atoms with Gasteiger partial charge >= 0.3 is 0 Å². The zero-order chi connectivity index (χ0) is 12.3. The van der Waals surface area contributed by atoms with Crippen LogP contribution in [0.2, 0.25) is 5.02 Å². The van der Waals surface area contributed by atoms with Crippen molar-refractivity contribution in [2.75, 3.05) is 0 Å². The Hall–Kier alpha value is -0.910. The molecule has 2 heterocycles. The molecule has 0 aromatic carbocycles. The Morgan fingerprint density at radius 3 is 2.82 bits per heavy atom. The molecule has 2 aromatic heterocycles. The average Bonchev–Trinajstić information content (AvgIpc) is 2.73. The molecule has 17 heavy (non-hydrogen) atoms. The maximum Gasteiger partial charge on any atom is 0.270 e. The number of pyridine rings is 1. The first-order chi connectivity index (χ1) is 8.15. The van der Waals surface area contributed by atoms with E-state index in [0.29, 0.717) is 17.3 Å². The molecule has 0 aliphatic carbocycles. The molecule has 2 rings (SSSR count). The molecule has 0 saturated heterocycles. The van der Waals surface area contributed by atoms with Gasteiger partial charge in [-0.3, -0.25) is 4.79 Å². The fourth-order valence-electron chi connectivity index (χ4n) is 1.21. The van der Waals surface area contributed by atoms with Gasteiger partial charge < -0.3 is 5.32 Å². The largest absolute Gasteiger partial charge is 0.346 e. The second-order valence-corrected chi connectivity index (χ2v) is 6.23. The maximum absolute atomic E-state index is 11.7. The number of carbonyl (C=O) groups is 1. The minimum absolute atomic E-state index is 0.203. The number of nitrogens with one attached hydrogen (secondary N) is 1. The number of nitrogens with zero attached hydrogens (tertiary/aromatic N) is 1. The summed E-state index contributed by atoms with van der Waals surface area (Å²) in [4.78, 5) is 16.7. The number of thiophene rings is 1. The Kier molecular flexibility index (Phi) is 4.15. The van der Waals surface area contributed by atoms with E-state index in [1.807, 2.05) is 12.1 Å². The third kappa shape index (κ3) is 3.52. The zero-order valence-electron chi connectivity index (χ0n) is 8.61. The Morgan fingerprint density at radius 2 is 2.24 bits per heavy atom. The van der Waals surface area contributed by atoms with E-state index in [2.05, 4.69) is 26.2 Å². The minimum Gasteiger partial charge on any atom is -0.346 e. The quantitative estimate of drug-likeness (QED) is 0.935. The highest BCUT2D eigenvalue weighted by Gasteiger charge is 2.07. The second-order valence-electron chi connectivity index (χ2n) is 3.25. The van der Waals surface area contributed by atoms with Crippen LogP contribution in [0.4, 0.5) is 0 Å². The van der Waals surface area contributed by atoms with Gasteiger partial charge in [0.15, 0.2) is 0 Å². The Balaban J connectivity index is 1.95. The lowest BCUT2D eigenvalue weighted by Gasteiger charge is -2.02. The molecule has 0 spiro atoms. The van der Waals surface area contributed by atoms with Gasteiger partial charge in [-0.1, -0.05) is 11.6 Å². The third-order valence-corrected chi connectivity index (χ3v) is 3.86. The SMILES string of the molecule is O=C(NCc1ccc(Br)s1)c1ccc(Cl)cn1. The minimum atomic E-state index is -0.203. The first kappa shape index (κ1) is 12.5. The molecule has 0 unspecified atom stereocenters. The smallest absolute Gasteiger partial charge is 0.270 e. The number of carbonyl (C=O) groups excluding carboxylic acids is 1. The summed E-state index contributed by atoms with van der Waals surface area (Å²) < 4.78 is 1.05. The highest BCUT2D eigenvalue weighted by Crippen LogP contribution is 2.21. The fraction of sp³-hybridized carbons (Fsp3) is 0.0909. The van der Waals surface area contributed by atoms with Crippen LogP contribution in [0, 0.1) is 0 Å². The number of amides is 1. The van der Waals surface area contributed by atoms with E-state index in [-0.39, 0.29) is 5.91 Å². The van der Waals surface area contributed by atoms with Gasteiger partial charge in [-0.05, 0) is 40.2 Å². The van der Waals surface area contributed by atoms with Crippen LogP contribution >= 0.6 is 38.9 Å². The van der Waals surface area contributed by atoms with Gasteiger partial charge in [0.2, 0.25) is 0 Å². The summed E-state index contributed by atoms with van der Waals surface area (Å²) in [6.07, 6.45) is 1.46. The van der Waals surface area contributed by atoms with Crippen LogP contribution in [0.25, 0.3) is 0 Å². The zero-order valence-corrected chi connectivity index (χ0v) is 11.8. The Morgan fingerprint density at radius 1 is 1.41 bits per heavy atom. The second kappa shape index (κ2) is 5.62. The Labute approximate surface area is 116 Å². The molecular formula is C11H8BrClN2OS. The van der Waals surface area contributed by atoms with Crippen molar-refractivity contribution in [1.82, 2.24) is 10.3 Å². The first-order valence-electron chi connectivity index (χ1n) is 4.79. The van der Waals surface area contributed by atoms with Crippen molar-refractivity contribution < 1.29 is 4.79 Å². The molecule has 0 bridgehead atoms. The lowest BCUT2D eigenvalue weighted by molar-refractivity contribution is 0.0946.